The molecule has 7 heteroatoms. The van der Waals surface area contributed by atoms with E-state index in [4.69, 9.17) is 12.2 Å². The van der Waals surface area contributed by atoms with Gasteiger partial charge in [-0.2, -0.15) is 11.8 Å². The van der Waals surface area contributed by atoms with Gasteiger partial charge in [-0.15, -0.1) is 11.3 Å². The first-order chi connectivity index (χ1) is 10.1. The maximum Gasteiger partial charge on any atom is 0.263 e. The Kier molecular flexibility index (Phi) is 4.54. The number of aromatic nitrogens is 2. The Morgan fingerprint density at radius 2 is 1.95 bits per heavy atom. The van der Waals surface area contributed by atoms with Gasteiger partial charge in [-0.1, -0.05) is 0 Å². The third-order valence-electron chi connectivity index (χ3n) is 4.05. The average Bonchev–Trinajstić information content (AvgIpc) is 2.74. The van der Waals surface area contributed by atoms with Crippen LogP contribution < -0.4 is 5.56 Å². The number of thioether (sulfide) groups is 1. The number of aromatic amines is 1. The van der Waals surface area contributed by atoms with Crippen LogP contribution in [-0.4, -0.2) is 45.6 Å². The lowest BCUT2D eigenvalue weighted by Gasteiger charge is -2.26. The second kappa shape index (κ2) is 6.24. The summed E-state index contributed by atoms with van der Waals surface area (Å²) in [7, 11) is 0. The molecule has 0 spiro atoms. The lowest BCUT2D eigenvalue weighted by Crippen LogP contribution is -2.37. The molecular weight excluding hydrogens is 322 g/mol. The Labute approximate surface area is 137 Å². The quantitative estimate of drug-likeness (QED) is 0.872. The van der Waals surface area contributed by atoms with E-state index in [1.807, 2.05) is 25.6 Å². The maximum atomic E-state index is 12.7. The first-order valence-corrected chi connectivity index (χ1v) is 9.49. The molecule has 4 nitrogen and oxygen atoms in total. The van der Waals surface area contributed by atoms with Crippen molar-refractivity contribution >= 4 is 45.5 Å². The van der Waals surface area contributed by atoms with Crippen molar-refractivity contribution in [1.29, 1.82) is 0 Å². The highest BCUT2D eigenvalue weighted by Crippen LogP contribution is 2.25. The maximum absolute atomic E-state index is 12.7. The van der Waals surface area contributed by atoms with Gasteiger partial charge in [-0.3, -0.25) is 14.3 Å². The number of thiophene rings is 1. The molecule has 2 aromatic rings. The molecule has 0 unspecified atom stereocenters. The minimum atomic E-state index is 0.0574. The van der Waals surface area contributed by atoms with Gasteiger partial charge in [0.15, 0.2) is 4.77 Å². The Hall–Kier alpha value is -0.630. The van der Waals surface area contributed by atoms with Crippen molar-refractivity contribution < 1.29 is 0 Å². The number of aryl methyl sites for hydroxylation is 2. The Morgan fingerprint density at radius 3 is 2.67 bits per heavy atom. The molecular formula is C14H19N3OS3. The second-order valence-electron chi connectivity index (χ2n) is 5.33. The molecule has 0 amide bonds. The van der Waals surface area contributed by atoms with Crippen molar-refractivity contribution in [1.82, 2.24) is 14.5 Å². The van der Waals surface area contributed by atoms with Crippen LogP contribution in [0.25, 0.3) is 10.2 Å². The number of hydrogen-bond donors (Lipinski definition) is 1. The van der Waals surface area contributed by atoms with E-state index in [2.05, 4.69) is 9.88 Å². The first-order valence-electron chi connectivity index (χ1n) is 7.11. The lowest BCUT2D eigenvalue weighted by atomic mass is 10.2. The minimum absolute atomic E-state index is 0.0574. The van der Waals surface area contributed by atoms with E-state index >= 15 is 0 Å². The van der Waals surface area contributed by atoms with E-state index in [1.54, 1.807) is 15.9 Å². The number of nitrogens with zero attached hydrogens (tertiary/aromatic N) is 2. The molecule has 2 aromatic heterocycles. The van der Waals surface area contributed by atoms with Gasteiger partial charge in [0.2, 0.25) is 0 Å². The number of nitrogens with one attached hydrogen (secondary N) is 1. The van der Waals surface area contributed by atoms with Crippen LogP contribution in [0.1, 0.15) is 10.4 Å². The van der Waals surface area contributed by atoms with Gasteiger partial charge in [-0.25, -0.2) is 0 Å². The third-order valence-corrected chi connectivity index (χ3v) is 6.44. The number of hydrogen-bond acceptors (Lipinski definition) is 5. The van der Waals surface area contributed by atoms with Crippen LogP contribution in [-0.2, 0) is 6.54 Å². The van der Waals surface area contributed by atoms with Crippen LogP contribution in [0.2, 0.25) is 0 Å². The van der Waals surface area contributed by atoms with Crippen molar-refractivity contribution in [2.75, 3.05) is 31.1 Å². The number of rotatable bonds is 3. The van der Waals surface area contributed by atoms with E-state index in [1.165, 1.54) is 16.4 Å². The largest absolute Gasteiger partial charge is 0.323 e. The number of H-pyrrole nitrogens is 1. The second-order valence-corrected chi connectivity index (χ2v) is 8.16. The molecule has 1 aliphatic rings. The average molecular weight is 342 g/mol. The van der Waals surface area contributed by atoms with Crippen LogP contribution in [0.4, 0.5) is 0 Å². The number of fused-ring (bicyclic) bond motifs is 1. The Balaban J connectivity index is 1.92. The standard InChI is InChI=1S/C14H19N3OS3/c1-9-10(2)21-12-11(9)13(18)17(14(19)15-12)4-3-16-5-7-20-8-6-16/h3-8H2,1-2H3,(H,15,19). The van der Waals surface area contributed by atoms with Crippen LogP contribution in [0.5, 0.6) is 0 Å². The molecule has 0 aliphatic carbocycles. The molecule has 1 aliphatic heterocycles. The molecule has 0 bridgehead atoms. The van der Waals surface area contributed by atoms with Crippen molar-refractivity contribution in [2.24, 2.45) is 0 Å². The molecule has 1 N–H and O–H groups in total. The van der Waals surface area contributed by atoms with Gasteiger partial charge in [0.1, 0.15) is 4.83 Å². The fourth-order valence-corrected chi connectivity index (χ4v) is 5.00. The molecule has 1 fully saturated rings. The predicted molar refractivity (Wildman–Crippen MR) is 94.5 cm³/mol. The summed E-state index contributed by atoms with van der Waals surface area (Å²) in [6, 6.07) is 0. The monoisotopic (exact) mass is 341 g/mol. The minimum Gasteiger partial charge on any atom is -0.323 e. The fourth-order valence-electron chi connectivity index (χ4n) is 2.63. The zero-order valence-electron chi connectivity index (χ0n) is 12.3. The summed E-state index contributed by atoms with van der Waals surface area (Å²) < 4.78 is 2.26. The highest BCUT2D eigenvalue weighted by molar-refractivity contribution is 7.99. The van der Waals surface area contributed by atoms with E-state index in [0.717, 1.165) is 35.4 Å². The molecule has 3 heterocycles. The highest BCUT2D eigenvalue weighted by atomic mass is 32.2. The Bertz CT molecular complexity index is 768. The molecule has 0 aromatic carbocycles. The van der Waals surface area contributed by atoms with Gasteiger partial charge < -0.3 is 4.98 Å². The first kappa shape index (κ1) is 15.3. The summed E-state index contributed by atoms with van der Waals surface area (Å²) in [6.45, 7) is 7.84. The predicted octanol–water partition coefficient (Wildman–Crippen LogP) is 2.79. The summed E-state index contributed by atoms with van der Waals surface area (Å²) in [5.41, 5.74) is 1.14. The van der Waals surface area contributed by atoms with Gasteiger partial charge in [0.05, 0.1) is 5.39 Å². The van der Waals surface area contributed by atoms with E-state index in [-0.39, 0.29) is 5.56 Å². The van der Waals surface area contributed by atoms with E-state index < -0.39 is 0 Å². The zero-order valence-corrected chi connectivity index (χ0v) is 14.7. The van der Waals surface area contributed by atoms with Crippen LogP contribution >= 0.6 is 35.3 Å². The SMILES string of the molecule is Cc1sc2[nH]c(=S)n(CCN3CCSCC3)c(=O)c2c1C. The summed E-state index contributed by atoms with van der Waals surface area (Å²) in [5.74, 6) is 2.37. The van der Waals surface area contributed by atoms with Crippen molar-refractivity contribution in [3.05, 3.63) is 25.6 Å². The zero-order chi connectivity index (χ0) is 15.0. The molecule has 21 heavy (non-hydrogen) atoms. The topological polar surface area (TPSA) is 41.0 Å². The van der Waals surface area contributed by atoms with Crippen molar-refractivity contribution in [2.45, 2.75) is 20.4 Å². The highest BCUT2D eigenvalue weighted by Gasteiger charge is 2.14. The van der Waals surface area contributed by atoms with Crippen LogP contribution in [0, 0.1) is 18.6 Å². The Morgan fingerprint density at radius 1 is 1.24 bits per heavy atom. The van der Waals surface area contributed by atoms with Gasteiger partial charge in [-0.05, 0) is 31.6 Å². The molecule has 1 saturated heterocycles. The van der Waals surface area contributed by atoms with Crippen LogP contribution in [0.3, 0.4) is 0 Å². The van der Waals surface area contributed by atoms with E-state index in [0.29, 0.717) is 11.3 Å². The summed E-state index contributed by atoms with van der Waals surface area (Å²) in [6.07, 6.45) is 0. The molecule has 114 valence electrons. The lowest BCUT2D eigenvalue weighted by molar-refractivity contribution is 0.287. The molecule has 0 atom stereocenters. The van der Waals surface area contributed by atoms with Crippen molar-refractivity contribution in [3.8, 4) is 0 Å². The van der Waals surface area contributed by atoms with Crippen LogP contribution in [0.15, 0.2) is 4.79 Å². The molecule has 0 radical (unpaired) electrons. The van der Waals surface area contributed by atoms with E-state index in [9.17, 15) is 4.79 Å². The summed E-state index contributed by atoms with van der Waals surface area (Å²) in [4.78, 5) is 20.4. The van der Waals surface area contributed by atoms with Gasteiger partial charge in [0, 0.05) is 42.6 Å². The molecule has 0 saturated carbocycles. The summed E-state index contributed by atoms with van der Waals surface area (Å²) >= 11 is 8.99. The molecule has 3 rings (SSSR count). The van der Waals surface area contributed by atoms with Crippen molar-refractivity contribution in [3.63, 3.8) is 0 Å². The third kappa shape index (κ3) is 2.97. The summed E-state index contributed by atoms with van der Waals surface area (Å²) in [5, 5.41) is 0.806. The van der Waals surface area contributed by atoms with Gasteiger partial charge in [0.25, 0.3) is 5.56 Å². The van der Waals surface area contributed by atoms with Gasteiger partial charge >= 0.3 is 0 Å². The smallest absolute Gasteiger partial charge is 0.263 e. The fraction of sp³-hybridized carbons (Fsp3) is 0.571. The normalized spacial score (nSPS) is 16.7.